The Labute approximate surface area is 145 Å². The summed E-state index contributed by atoms with van der Waals surface area (Å²) in [5, 5.41) is 3.18. The predicted molar refractivity (Wildman–Crippen MR) is 94.9 cm³/mol. The Balaban J connectivity index is 1.53. The lowest BCUT2D eigenvalue weighted by molar-refractivity contribution is 0.0977. The topological polar surface area (TPSA) is 44.8 Å². The predicted octanol–water partition coefficient (Wildman–Crippen LogP) is 2.50. The van der Waals surface area contributed by atoms with Crippen molar-refractivity contribution in [3.05, 3.63) is 35.9 Å². The summed E-state index contributed by atoms with van der Waals surface area (Å²) in [4.78, 5) is 16.8. The van der Waals surface area contributed by atoms with Crippen LogP contribution in [-0.4, -0.2) is 62.2 Å². The monoisotopic (exact) mass is 331 g/mol. The van der Waals surface area contributed by atoms with Crippen LogP contribution >= 0.6 is 0 Å². The van der Waals surface area contributed by atoms with E-state index in [9.17, 15) is 4.79 Å². The van der Waals surface area contributed by atoms with Gasteiger partial charge >= 0.3 is 6.03 Å². The molecule has 3 atom stereocenters. The Morgan fingerprint density at radius 2 is 2.12 bits per heavy atom. The largest absolute Gasteiger partial charge is 0.371 e. The lowest BCUT2D eigenvalue weighted by Crippen LogP contribution is -2.47. The second kappa shape index (κ2) is 7.99. The maximum atomic E-state index is 12.6. The molecule has 1 aromatic carbocycles. The van der Waals surface area contributed by atoms with E-state index >= 15 is 0 Å². The highest BCUT2D eigenvalue weighted by Gasteiger charge is 2.32. The zero-order valence-electron chi connectivity index (χ0n) is 14.8. The van der Waals surface area contributed by atoms with Gasteiger partial charge in [0.2, 0.25) is 0 Å². The van der Waals surface area contributed by atoms with E-state index in [0.29, 0.717) is 12.5 Å². The van der Waals surface area contributed by atoms with Crippen molar-refractivity contribution in [3.63, 3.8) is 0 Å². The SMILES string of the molecule is CN1CCC[C@H](CN(C)C(=O)N[C@@H]2CCO[C@H]2c2ccccc2)C1. The van der Waals surface area contributed by atoms with E-state index in [1.54, 1.807) is 0 Å². The number of hydrogen-bond donors (Lipinski definition) is 1. The Hall–Kier alpha value is -1.59. The molecule has 0 spiro atoms. The number of benzene rings is 1. The zero-order chi connectivity index (χ0) is 16.9. The normalized spacial score (nSPS) is 27.8. The first-order chi connectivity index (χ1) is 11.6. The van der Waals surface area contributed by atoms with Crippen LogP contribution in [0.15, 0.2) is 30.3 Å². The Morgan fingerprint density at radius 3 is 2.88 bits per heavy atom. The van der Waals surface area contributed by atoms with E-state index in [1.165, 1.54) is 19.4 Å². The molecule has 5 heteroatoms. The highest BCUT2D eigenvalue weighted by molar-refractivity contribution is 5.74. The number of carbonyl (C=O) groups is 1. The molecule has 2 saturated heterocycles. The molecule has 0 aromatic heterocycles. The number of urea groups is 1. The van der Waals surface area contributed by atoms with Crippen LogP contribution in [0, 0.1) is 5.92 Å². The van der Waals surface area contributed by atoms with Crippen LogP contribution in [0.2, 0.25) is 0 Å². The van der Waals surface area contributed by atoms with E-state index < -0.39 is 0 Å². The highest BCUT2D eigenvalue weighted by atomic mass is 16.5. The molecule has 5 nitrogen and oxygen atoms in total. The fraction of sp³-hybridized carbons (Fsp3) is 0.632. The Morgan fingerprint density at radius 1 is 1.33 bits per heavy atom. The van der Waals surface area contributed by atoms with Crippen molar-refractivity contribution in [2.45, 2.75) is 31.4 Å². The molecule has 3 rings (SSSR count). The van der Waals surface area contributed by atoms with Gasteiger partial charge in [-0.3, -0.25) is 0 Å². The molecule has 1 N–H and O–H groups in total. The molecule has 2 amide bonds. The van der Waals surface area contributed by atoms with E-state index in [1.807, 2.05) is 30.1 Å². The van der Waals surface area contributed by atoms with Crippen molar-refractivity contribution in [2.24, 2.45) is 5.92 Å². The summed E-state index contributed by atoms with van der Waals surface area (Å²) in [7, 11) is 4.06. The Bertz CT molecular complexity index is 537. The van der Waals surface area contributed by atoms with Gasteiger partial charge in [-0.2, -0.15) is 0 Å². The van der Waals surface area contributed by atoms with Crippen molar-refractivity contribution in [2.75, 3.05) is 40.3 Å². The third-order valence-electron chi connectivity index (χ3n) is 5.13. The Kier molecular flexibility index (Phi) is 5.74. The standard InChI is InChI=1S/C19H29N3O2/c1-21-11-6-7-15(13-21)14-22(2)19(23)20-17-10-12-24-18(17)16-8-4-3-5-9-16/h3-5,8-9,15,17-18H,6-7,10-14H2,1-2H3,(H,20,23)/t15-,17+,18-/m0/s1. The first-order valence-corrected chi connectivity index (χ1v) is 9.00. The number of likely N-dealkylation sites (tertiary alicyclic amines) is 1. The van der Waals surface area contributed by atoms with Gasteiger partial charge in [-0.25, -0.2) is 4.79 Å². The fourth-order valence-electron chi connectivity index (χ4n) is 3.87. The zero-order valence-corrected chi connectivity index (χ0v) is 14.8. The van der Waals surface area contributed by atoms with Crippen LogP contribution in [-0.2, 0) is 4.74 Å². The first-order valence-electron chi connectivity index (χ1n) is 9.00. The third kappa shape index (κ3) is 4.28. The lowest BCUT2D eigenvalue weighted by Gasteiger charge is -2.33. The summed E-state index contributed by atoms with van der Waals surface area (Å²) in [5.74, 6) is 0.573. The smallest absolute Gasteiger partial charge is 0.317 e. The molecule has 2 heterocycles. The maximum absolute atomic E-state index is 12.6. The number of amides is 2. The quantitative estimate of drug-likeness (QED) is 0.922. The van der Waals surface area contributed by atoms with Crippen LogP contribution in [0.25, 0.3) is 0 Å². The molecular weight excluding hydrogens is 302 g/mol. The number of rotatable bonds is 4. The average molecular weight is 331 g/mol. The summed E-state index contributed by atoms with van der Waals surface area (Å²) in [6.07, 6.45) is 3.26. The summed E-state index contributed by atoms with van der Waals surface area (Å²) in [5.41, 5.74) is 1.14. The van der Waals surface area contributed by atoms with E-state index in [-0.39, 0.29) is 18.2 Å². The van der Waals surface area contributed by atoms with E-state index in [2.05, 4.69) is 29.4 Å². The second-order valence-corrected chi connectivity index (χ2v) is 7.20. The van der Waals surface area contributed by atoms with Crippen molar-refractivity contribution < 1.29 is 9.53 Å². The van der Waals surface area contributed by atoms with Crippen molar-refractivity contribution in [3.8, 4) is 0 Å². The summed E-state index contributed by atoms with van der Waals surface area (Å²) in [6, 6.07) is 10.2. The molecule has 0 radical (unpaired) electrons. The molecular formula is C19H29N3O2. The van der Waals surface area contributed by atoms with Crippen LogP contribution < -0.4 is 5.32 Å². The number of hydrogen-bond acceptors (Lipinski definition) is 3. The molecule has 2 aliphatic rings. The van der Waals surface area contributed by atoms with Crippen LogP contribution in [0.3, 0.4) is 0 Å². The van der Waals surface area contributed by atoms with Gasteiger partial charge in [-0.1, -0.05) is 30.3 Å². The average Bonchev–Trinajstić information content (AvgIpc) is 3.03. The van der Waals surface area contributed by atoms with Gasteiger partial charge < -0.3 is 19.9 Å². The molecule has 2 aliphatic heterocycles. The third-order valence-corrected chi connectivity index (χ3v) is 5.13. The fourth-order valence-corrected chi connectivity index (χ4v) is 3.87. The number of piperidine rings is 1. The molecule has 0 aliphatic carbocycles. The summed E-state index contributed by atoms with van der Waals surface area (Å²) in [6.45, 7) is 3.77. The first kappa shape index (κ1) is 17.2. The van der Waals surface area contributed by atoms with Crippen LogP contribution in [0.4, 0.5) is 4.79 Å². The van der Waals surface area contributed by atoms with Gasteiger partial charge in [0, 0.05) is 26.7 Å². The minimum atomic E-state index is -0.0376. The molecule has 0 saturated carbocycles. The van der Waals surface area contributed by atoms with Gasteiger partial charge in [-0.05, 0) is 44.3 Å². The molecule has 132 valence electrons. The van der Waals surface area contributed by atoms with Gasteiger partial charge in [-0.15, -0.1) is 0 Å². The molecule has 0 unspecified atom stereocenters. The van der Waals surface area contributed by atoms with Gasteiger partial charge in [0.25, 0.3) is 0 Å². The van der Waals surface area contributed by atoms with Gasteiger partial charge in [0.15, 0.2) is 0 Å². The van der Waals surface area contributed by atoms with Crippen LogP contribution in [0.5, 0.6) is 0 Å². The lowest BCUT2D eigenvalue weighted by atomic mass is 9.98. The summed E-state index contributed by atoms with van der Waals surface area (Å²) < 4.78 is 5.86. The van der Waals surface area contributed by atoms with E-state index in [4.69, 9.17) is 4.74 Å². The number of nitrogens with one attached hydrogen (secondary N) is 1. The summed E-state index contributed by atoms with van der Waals surface area (Å²) >= 11 is 0. The minimum Gasteiger partial charge on any atom is -0.371 e. The van der Waals surface area contributed by atoms with Crippen molar-refractivity contribution >= 4 is 6.03 Å². The second-order valence-electron chi connectivity index (χ2n) is 7.20. The van der Waals surface area contributed by atoms with Crippen molar-refractivity contribution in [1.82, 2.24) is 15.1 Å². The van der Waals surface area contributed by atoms with Gasteiger partial charge in [0.1, 0.15) is 6.10 Å². The minimum absolute atomic E-state index is 0.0136. The maximum Gasteiger partial charge on any atom is 0.317 e. The molecule has 0 bridgehead atoms. The molecule has 24 heavy (non-hydrogen) atoms. The van der Waals surface area contributed by atoms with E-state index in [0.717, 1.165) is 25.1 Å². The van der Waals surface area contributed by atoms with Crippen molar-refractivity contribution in [1.29, 1.82) is 0 Å². The number of nitrogens with zero attached hydrogens (tertiary/aromatic N) is 2. The highest BCUT2D eigenvalue weighted by Crippen LogP contribution is 2.29. The van der Waals surface area contributed by atoms with Crippen LogP contribution in [0.1, 0.15) is 30.9 Å². The molecule has 2 fully saturated rings. The molecule has 1 aromatic rings. The number of carbonyl (C=O) groups excluding carboxylic acids is 1. The van der Waals surface area contributed by atoms with Gasteiger partial charge in [0.05, 0.1) is 6.04 Å². The number of ether oxygens (including phenoxy) is 1.